The summed E-state index contributed by atoms with van der Waals surface area (Å²) in [4.78, 5) is 25.6. The highest BCUT2D eigenvalue weighted by Crippen LogP contribution is 2.33. The molecule has 1 heterocycles. The number of carbonyl (C=O) groups excluding carboxylic acids is 2. The van der Waals surface area contributed by atoms with Crippen LogP contribution in [0.3, 0.4) is 0 Å². The van der Waals surface area contributed by atoms with Crippen LogP contribution < -0.4 is 19.6 Å². The summed E-state index contributed by atoms with van der Waals surface area (Å²) in [7, 11) is 4.64. The van der Waals surface area contributed by atoms with Crippen LogP contribution in [0.15, 0.2) is 47.4 Å². The van der Waals surface area contributed by atoms with Crippen molar-refractivity contribution in [2.24, 2.45) is 0 Å². The number of nitrogens with one attached hydrogen (secondary N) is 1. The predicted octanol–water partition coefficient (Wildman–Crippen LogP) is 3.26. The average molecular weight is 431 g/mol. The third kappa shape index (κ3) is 4.69. The maximum atomic E-state index is 12.7. The monoisotopic (exact) mass is 430 g/mol. The van der Waals surface area contributed by atoms with E-state index in [-0.39, 0.29) is 4.32 Å². The first-order chi connectivity index (χ1) is 13.9. The number of hydrogen-bond acceptors (Lipinski definition) is 7. The van der Waals surface area contributed by atoms with Crippen molar-refractivity contribution in [3.63, 3.8) is 0 Å². The van der Waals surface area contributed by atoms with Gasteiger partial charge in [-0.1, -0.05) is 11.8 Å². The van der Waals surface area contributed by atoms with Crippen molar-refractivity contribution in [3.05, 3.63) is 58.5 Å². The summed E-state index contributed by atoms with van der Waals surface area (Å²) in [5.41, 5.74) is 3.63. The van der Waals surface area contributed by atoms with Crippen LogP contribution in [0.25, 0.3) is 6.08 Å². The summed E-state index contributed by atoms with van der Waals surface area (Å²) < 4.78 is 15.8. The van der Waals surface area contributed by atoms with Crippen molar-refractivity contribution >= 4 is 46.2 Å². The van der Waals surface area contributed by atoms with Crippen LogP contribution in [-0.4, -0.2) is 42.5 Å². The lowest BCUT2D eigenvalue weighted by Gasteiger charge is -2.15. The lowest BCUT2D eigenvalue weighted by Crippen LogP contribution is -2.44. The molecule has 1 N–H and O–H groups in total. The number of methoxy groups -OCH3 is 3. The largest absolute Gasteiger partial charge is 0.497 e. The van der Waals surface area contributed by atoms with E-state index >= 15 is 0 Å². The molecule has 2 amide bonds. The Morgan fingerprint density at radius 2 is 1.59 bits per heavy atom. The van der Waals surface area contributed by atoms with E-state index in [1.807, 2.05) is 0 Å². The summed E-state index contributed by atoms with van der Waals surface area (Å²) >= 11 is 6.36. The van der Waals surface area contributed by atoms with E-state index in [0.717, 1.165) is 16.8 Å². The van der Waals surface area contributed by atoms with Crippen molar-refractivity contribution in [1.82, 2.24) is 10.4 Å². The average Bonchev–Trinajstić information content (AvgIpc) is 3.00. The van der Waals surface area contributed by atoms with Gasteiger partial charge in [0.2, 0.25) is 0 Å². The number of hydrazine groups is 1. The van der Waals surface area contributed by atoms with Crippen molar-refractivity contribution in [2.45, 2.75) is 0 Å². The maximum Gasteiger partial charge on any atom is 0.285 e. The van der Waals surface area contributed by atoms with Gasteiger partial charge < -0.3 is 14.2 Å². The van der Waals surface area contributed by atoms with E-state index in [1.54, 1.807) is 69.9 Å². The zero-order chi connectivity index (χ0) is 21.0. The number of benzene rings is 2. The molecule has 0 aliphatic carbocycles. The lowest BCUT2D eigenvalue weighted by molar-refractivity contribution is -0.123. The van der Waals surface area contributed by atoms with Crippen LogP contribution in [0.4, 0.5) is 0 Å². The minimum Gasteiger partial charge on any atom is -0.497 e. The fourth-order valence-corrected chi connectivity index (χ4v) is 3.72. The second-order valence-electron chi connectivity index (χ2n) is 5.83. The molecule has 2 aromatic carbocycles. The Bertz CT molecular complexity index is 967. The Hall–Kier alpha value is -3.04. The van der Waals surface area contributed by atoms with Crippen molar-refractivity contribution < 1.29 is 23.8 Å². The molecule has 1 saturated heterocycles. The standard InChI is InChI=1S/C20H18N2O5S2/c1-25-14-6-4-13(5-7-14)18(23)21-22-19(24)17(29-20(22)28)10-12-8-15(26-2)11-16(9-12)27-3/h4-11H,1-3H3,(H,21,23). The Balaban J connectivity index is 1.78. The molecular weight excluding hydrogens is 412 g/mol. The third-order valence-corrected chi connectivity index (χ3v) is 5.33. The van der Waals surface area contributed by atoms with E-state index in [9.17, 15) is 9.59 Å². The number of thioether (sulfide) groups is 1. The van der Waals surface area contributed by atoms with Crippen LogP contribution in [0, 0.1) is 0 Å². The van der Waals surface area contributed by atoms with E-state index in [4.69, 9.17) is 26.4 Å². The first kappa shape index (κ1) is 20.7. The quantitative estimate of drug-likeness (QED) is 0.557. The molecular formula is C20H18N2O5S2. The number of nitrogens with zero attached hydrogens (tertiary/aromatic N) is 1. The van der Waals surface area contributed by atoms with E-state index < -0.39 is 11.8 Å². The molecule has 0 radical (unpaired) electrons. The van der Waals surface area contributed by atoms with Gasteiger partial charge in [-0.05, 0) is 60.3 Å². The lowest BCUT2D eigenvalue weighted by atomic mass is 10.2. The Morgan fingerprint density at radius 1 is 1.00 bits per heavy atom. The molecule has 0 spiro atoms. The van der Waals surface area contributed by atoms with Crippen molar-refractivity contribution in [2.75, 3.05) is 21.3 Å². The Labute approximate surface area is 177 Å². The molecule has 0 unspecified atom stereocenters. The number of rotatable bonds is 6. The minimum absolute atomic E-state index is 0.234. The molecule has 2 aromatic rings. The van der Waals surface area contributed by atoms with Crippen molar-refractivity contribution in [1.29, 1.82) is 0 Å². The maximum absolute atomic E-state index is 12.7. The van der Waals surface area contributed by atoms with Crippen LogP contribution in [0.1, 0.15) is 15.9 Å². The van der Waals surface area contributed by atoms with Gasteiger partial charge in [0.25, 0.3) is 11.8 Å². The molecule has 7 nitrogen and oxygen atoms in total. The second kappa shape index (κ2) is 8.97. The van der Waals surface area contributed by atoms with Gasteiger partial charge in [-0.3, -0.25) is 15.0 Å². The zero-order valence-corrected chi connectivity index (χ0v) is 17.6. The Kier molecular flexibility index (Phi) is 6.40. The van der Waals surface area contributed by atoms with Crippen LogP contribution in [0.2, 0.25) is 0 Å². The molecule has 1 aliphatic rings. The van der Waals surface area contributed by atoms with Gasteiger partial charge in [0.05, 0.1) is 26.2 Å². The van der Waals surface area contributed by atoms with Gasteiger partial charge in [-0.15, -0.1) is 0 Å². The van der Waals surface area contributed by atoms with Gasteiger partial charge in [-0.2, -0.15) is 5.01 Å². The molecule has 0 bridgehead atoms. The van der Waals surface area contributed by atoms with Crippen LogP contribution in [0.5, 0.6) is 17.2 Å². The highest BCUT2D eigenvalue weighted by Gasteiger charge is 2.33. The molecule has 9 heteroatoms. The molecule has 3 rings (SSSR count). The normalized spacial score (nSPS) is 14.9. The molecule has 1 aliphatic heterocycles. The summed E-state index contributed by atoms with van der Waals surface area (Å²) in [5, 5.41) is 1.07. The summed E-state index contributed by atoms with van der Waals surface area (Å²) in [6.07, 6.45) is 1.67. The highest BCUT2D eigenvalue weighted by molar-refractivity contribution is 8.26. The van der Waals surface area contributed by atoms with E-state index in [0.29, 0.717) is 33.3 Å². The first-order valence-electron chi connectivity index (χ1n) is 8.41. The van der Waals surface area contributed by atoms with Gasteiger partial charge in [0, 0.05) is 11.6 Å². The van der Waals surface area contributed by atoms with Gasteiger partial charge in [-0.25, -0.2) is 0 Å². The number of thiocarbonyl (C=S) groups is 1. The topological polar surface area (TPSA) is 77.1 Å². The molecule has 1 fully saturated rings. The van der Waals surface area contributed by atoms with Gasteiger partial charge >= 0.3 is 0 Å². The van der Waals surface area contributed by atoms with Gasteiger partial charge in [0.15, 0.2) is 4.32 Å². The van der Waals surface area contributed by atoms with Gasteiger partial charge in [0.1, 0.15) is 17.2 Å². The minimum atomic E-state index is -0.451. The second-order valence-corrected chi connectivity index (χ2v) is 7.51. The molecule has 150 valence electrons. The third-order valence-electron chi connectivity index (χ3n) is 4.03. The number of carbonyl (C=O) groups is 2. The number of ether oxygens (including phenoxy) is 3. The SMILES string of the molecule is COc1ccc(C(=O)NN2C(=O)C(=Cc3cc(OC)cc(OC)c3)SC2=S)cc1. The molecule has 0 atom stereocenters. The predicted molar refractivity (Wildman–Crippen MR) is 115 cm³/mol. The Morgan fingerprint density at radius 3 is 2.14 bits per heavy atom. The molecule has 29 heavy (non-hydrogen) atoms. The molecule has 0 aromatic heterocycles. The zero-order valence-electron chi connectivity index (χ0n) is 15.9. The first-order valence-corrected chi connectivity index (χ1v) is 9.63. The fraction of sp³-hybridized carbons (Fsp3) is 0.150. The summed E-state index contributed by atoms with van der Waals surface area (Å²) in [6.45, 7) is 0. The summed E-state index contributed by atoms with van der Waals surface area (Å²) in [6, 6.07) is 11.8. The van der Waals surface area contributed by atoms with E-state index in [2.05, 4.69) is 5.43 Å². The fourth-order valence-electron chi connectivity index (χ4n) is 2.54. The van der Waals surface area contributed by atoms with Crippen molar-refractivity contribution in [3.8, 4) is 17.2 Å². The van der Waals surface area contributed by atoms with E-state index in [1.165, 1.54) is 0 Å². The highest BCUT2D eigenvalue weighted by atomic mass is 32.2. The molecule has 0 saturated carbocycles. The van der Waals surface area contributed by atoms with Crippen LogP contribution in [-0.2, 0) is 4.79 Å². The number of hydrogen-bond donors (Lipinski definition) is 1. The summed E-state index contributed by atoms with van der Waals surface area (Å²) in [5.74, 6) is 0.957. The van der Waals surface area contributed by atoms with Crippen LogP contribution >= 0.6 is 24.0 Å². The smallest absolute Gasteiger partial charge is 0.285 e. The number of amides is 2.